The second-order valence-electron chi connectivity index (χ2n) is 7.69. The molecule has 1 heterocycles. The number of amides is 1. The molecule has 0 spiro atoms. The number of nitrogens with zero attached hydrogens (tertiary/aromatic N) is 1. The Kier molecular flexibility index (Phi) is 5.83. The van der Waals surface area contributed by atoms with E-state index in [1.54, 1.807) is 6.07 Å². The van der Waals surface area contributed by atoms with Gasteiger partial charge in [0.25, 0.3) is 0 Å². The molecule has 2 aromatic carbocycles. The van der Waals surface area contributed by atoms with Gasteiger partial charge in [-0.05, 0) is 66.1 Å². The fraction of sp³-hybridized carbons (Fsp3) is 0.409. The Balaban J connectivity index is 1.66. The Hall–Kier alpha value is -1.65. The number of benzene rings is 2. The molecule has 138 valence electrons. The highest BCUT2D eigenvalue weighted by Gasteiger charge is 2.37. The molecule has 0 radical (unpaired) electrons. The van der Waals surface area contributed by atoms with Crippen molar-refractivity contribution in [2.75, 3.05) is 19.6 Å². The van der Waals surface area contributed by atoms with Crippen LogP contribution in [0.25, 0.3) is 0 Å². The highest BCUT2D eigenvalue weighted by Crippen LogP contribution is 2.39. The third-order valence-corrected chi connectivity index (χ3v) is 6.47. The summed E-state index contributed by atoms with van der Waals surface area (Å²) in [7, 11) is 0. The van der Waals surface area contributed by atoms with Crippen molar-refractivity contribution in [1.82, 2.24) is 4.90 Å². The van der Waals surface area contributed by atoms with Crippen LogP contribution in [0.5, 0.6) is 0 Å². The van der Waals surface area contributed by atoms with E-state index in [1.165, 1.54) is 11.1 Å². The molecular weight excluding hydrogens is 388 g/mol. The average Bonchev–Trinajstić information content (AvgIpc) is 2.63. The van der Waals surface area contributed by atoms with Crippen LogP contribution in [0.2, 0.25) is 0 Å². The normalized spacial score (nSPS) is 23.7. The van der Waals surface area contributed by atoms with Crippen molar-refractivity contribution in [3.63, 3.8) is 0 Å². The molecule has 2 atom stereocenters. The van der Waals surface area contributed by atoms with E-state index in [0.29, 0.717) is 11.5 Å². The lowest BCUT2D eigenvalue weighted by Crippen LogP contribution is -2.47. The van der Waals surface area contributed by atoms with Crippen molar-refractivity contribution in [3.05, 3.63) is 69.7 Å². The van der Waals surface area contributed by atoms with Crippen LogP contribution >= 0.6 is 15.9 Å². The molecule has 2 aromatic rings. The molecule has 1 amide bonds. The van der Waals surface area contributed by atoms with E-state index in [9.17, 15) is 4.79 Å². The number of carbonyl (C=O) groups excluding carboxylic acids is 1. The summed E-state index contributed by atoms with van der Waals surface area (Å²) < 4.78 is 1.14. The van der Waals surface area contributed by atoms with Gasteiger partial charge in [-0.15, -0.1) is 0 Å². The highest BCUT2D eigenvalue weighted by molar-refractivity contribution is 9.10. The Labute approximate surface area is 164 Å². The van der Waals surface area contributed by atoms with Crippen LogP contribution in [0.3, 0.4) is 0 Å². The zero-order valence-corrected chi connectivity index (χ0v) is 17.1. The summed E-state index contributed by atoms with van der Waals surface area (Å²) in [5, 5.41) is 0. The zero-order valence-electron chi connectivity index (χ0n) is 15.5. The smallest absolute Gasteiger partial charge is 0.248 e. The summed E-state index contributed by atoms with van der Waals surface area (Å²) in [5.74, 6) is 0.163. The molecule has 0 saturated carbocycles. The van der Waals surface area contributed by atoms with Gasteiger partial charge in [-0.2, -0.15) is 0 Å². The monoisotopic (exact) mass is 414 g/mol. The number of hydrogen-bond acceptors (Lipinski definition) is 2. The quantitative estimate of drug-likeness (QED) is 0.788. The molecule has 4 heteroatoms. The van der Waals surface area contributed by atoms with Crippen molar-refractivity contribution in [1.29, 1.82) is 0 Å². The lowest BCUT2D eigenvalue weighted by atomic mass is 9.68. The second kappa shape index (κ2) is 7.93. The van der Waals surface area contributed by atoms with E-state index in [2.05, 4.69) is 65.0 Å². The number of primary amides is 1. The predicted octanol–water partition coefficient (Wildman–Crippen LogP) is 4.39. The molecule has 1 fully saturated rings. The van der Waals surface area contributed by atoms with Gasteiger partial charge in [-0.1, -0.05) is 54.0 Å². The standard InChI is InChI=1S/C22H27BrN2O/c1-16-15-25(11-9-17-5-3-8-20(23)13-17)12-10-22(16,2)19-7-4-6-18(14-19)21(24)26/h3-8,13-14,16H,9-12,15H2,1-2H3,(H2,24,26). The summed E-state index contributed by atoms with van der Waals surface area (Å²) >= 11 is 3.55. The first-order chi connectivity index (χ1) is 12.4. The summed E-state index contributed by atoms with van der Waals surface area (Å²) in [4.78, 5) is 14.1. The van der Waals surface area contributed by atoms with E-state index in [-0.39, 0.29) is 11.3 Å². The fourth-order valence-electron chi connectivity index (χ4n) is 3.96. The highest BCUT2D eigenvalue weighted by atomic mass is 79.9. The molecule has 3 rings (SSSR count). The average molecular weight is 415 g/mol. The number of halogens is 1. The van der Waals surface area contributed by atoms with Gasteiger partial charge in [-0.25, -0.2) is 0 Å². The maximum absolute atomic E-state index is 11.5. The van der Waals surface area contributed by atoms with Crippen LogP contribution in [-0.4, -0.2) is 30.4 Å². The first-order valence-corrected chi connectivity index (χ1v) is 10.0. The van der Waals surface area contributed by atoms with Gasteiger partial charge in [0.05, 0.1) is 0 Å². The minimum absolute atomic E-state index is 0.0811. The van der Waals surface area contributed by atoms with Gasteiger partial charge in [0, 0.05) is 23.1 Å². The minimum Gasteiger partial charge on any atom is -0.366 e. The van der Waals surface area contributed by atoms with Crippen LogP contribution in [0, 0.1) is 5.92 Å². The first-order valence-electron chi connectivity index (χ1n) is 9.25. The van der Waals surface area contributed by atoms with Crippen LogP contribution in [0.15, 0.2) is 53.0 Å². The van der Waals surface area contributed by atoms with Crippen LogP contribution < -0.4 is 5.73 Å². The van der Waals surface area contributed by atoms with E-state index >= 15 is 0 Å². The number of hydrogen-bond donors (Lipinski definition) is 1. The molecule has 0 bridgehead atoms. The van der Waals surface area contributed by atoms with Crippen molar-refractivity contribution >= 4 is 21.8 Å². The maximum Gasteiger partial charge on any atom is 0.248 e. The molecule has 26 heavy (non-hydrogen) atoms. The molecule has 1 aliphatic heterocycles. The maximum atomic E-state index is 11.5. The predicted molar refractivity (Wildman–Crippen MR) is 110 cm³/mol. The molecule has 2 unspecified atom stereocenters. The third-order valence-electron chi connectivity index (χ3n) is 5.98. The minimum atomic E-state index is -0.352. The number of carbonyl (C=O) groups is 1. The van der Waals surface area contributed by atoms with E-state index < -0.39 is 0 Å². The molecule has 3 nitrogen and oxygen atoms in total. The van der Waals surface area contributed by atoms with Crippen molar-refractivity contribution in [2.24, 2.45) is 11.7 Å². The van der Waals surface area contributed by atoms with Crippen molar-refractivity contribution < 1.29 is 4.79 Å². The van der Waals surface area contributed by atoms with Crippen LogP contribution in [-0.2, 0) is 11.8 Å². The Morgan fingerprint density at radius 1 is 1.27 bits per heavy atom. The Bertz CT molecular complexity index is 791. The van der Waals surface area contributed by atoms with Gasteiger partial charge >= 0.3 is 0 Å². The molecule has 1 aliphatic rings. The van der Waals surface area contributed by atoms with E-state index in [0.717, 1.165) is 36.9 Å². The van der Waals surface area contributed by atoms with Crippen molar-refractivity contribution in [2.45, 2.75) is 32.1 Å². The SMILES string of the molecule is CC1CN(CCc2cccc(Br)c2)CCC1(C)c1cccc(C(N)=O)c1. The van der Waals surface area contributed by atoms with Gasteiger partial charge < -0.3 is 10.6 Å². The third kappa shape index (κ3) is 4.18. The largest absolute Gasteiger partial charge is 0.366 e. The zero-order chi connectivity index (χ0) is 18.7. The lowest BCUT2D eigenvalue weighted by molar-refractivity contribution is 0.0998. The van der Waals surface area contributed by atoms with E-state index in [1.807, 2.05) is 12.1 Å². The summed E-state index contributed by atoms with van der Waals surface area (Å²) in [6, 6.07) is 16.4. The summed E-state index contributed by atoms with van der Waals surface area (Å²) in [6.07, 6.45) is 2.16. The van der Waals surface area contributed by atoms with Gasteiger partial charge in [-0.3, -0.25) is 4.79 Å². The summed E-state index contributed by atoms with van der Waals surface area (Å²) in [5.41, 5.74) is 8.75. The number of likely N-dealkylation sites (tertiary alicyclic amines) is 1. The number of rotatable bonds is 5. The van der Waals surface area contributed by atoms with Gasteiger partial charge in [0.1, 0.15) is 0 Å². The van der Waals surface area contributed by atoms with Gasteiger partial charge in [0.2, 0.25) is 5.91 Å². The molecular formula is C22H27BrN2O. The Morgan fingerprint density at radius 3 is 2.73 bits per heavy atom. The Morgan fingerprint density at radius 2 is 2.04 bits per heavy atom. The number of piperidine rings is 1. The van der Waals surface area contributed by atoms with Crippen LogP contribution in [0.1, 0.15) is 41.8 Å². The molecule has 0 aromatic heterocycles. The van der Waals surface area contributed by atoms with Crippen molar-refractivity contribution in [3.8, 4) is 0 Å². The fourth-order valence-corrected chi connectivity index (χ4v) is 4.40. The van der Waals surface area contributed by atoms with Gasteiger partial charge in [0.15, 0.2) is 0 Å². The molecule has 1 saturated heterocycles. The molecule has 0 aliphatic carbocycles. The summed E-state index contributed by atoms with van der Waals surface area (Å²) in [6.45, 7) is 7.88. The number of nitrogens with two attached hydrogens (primary N) is 1. The van der Waals surface area contributed by atoms with Crippen LogP contribution in [0.4, 0.5) is 0 Å². The molecule has 2 N–H and O–H groups in total. The lowest BCUT2D eigenvalue weighted by Gasteiger charge is -2.45. The van der Waals surface area contributed by atoms with E-state index in [4.69, 9.17) is 5.73 Å². The topological polar surface area (TPSA) is 46.3 Å². The second-order valence-corrected chi connectivity index (χ2v) is 8.61. The first kappa shape index (κ1) is 19.1.